The van der Waals surface area contributed by atoms with Crippen LogP contribution in [0.15, 0.2) is 54.6 Å². The van der Waals surface area contributed by atoms with Crippen LogP contribution < -0.4 is 9.47 Å². The maximum absolute atomic E-state index is 12.3. The number of aliphatic carboxylic acids is 1. The van der Waals surface area contributed by atoms with Gasteiger partial charge in [0.05, 0.1) is 0 Å². The van der Waals surface area contributed by atoms with E-state index in [9.17, 15) is 23.1 Å². The van der Waals surface area contributed by atoms with Crippen LogP contribution in [0.4, 0.5) is 13.2 Å². The van der Waals surface area contributed by atoms with Gasteiger partial charge in [0.15, 0.2) is 11.5 Å². The molecule has 0 spiro atoms. The van der Waals surface area contributed by atoms with Crippen molar-refractivity contribution in [1.29, 1.82) is 0 Å². The van der Waals surface area contributed by atoms with E-state index in [1.807, 2.05) is 0 Å². The Morgan fingerprint density at radius 2 is 1.50 bits per heavy atom. The van der Waals surface area contributed by atoms with E-state index >= 15 is 0 Å². The van der Waals surface area contributed by atoms with Crippen molar-refractivity contribution in [3.05, 3.63) is 60.2 Å². The number of para-hydroxylation sites is 2. The first kappa shape index (κ1) is 15.7. The highest BCUT2D eigenvalue weighted by Crippen LogP contribution is 2.34. The van der Waals surface area contributed by atoms with Gasteiger partial charge in [-0.2, -0.15) is 0 Å². The molecular weight excluding hydrogens is 301 g/mol. The van der Waals surface area contributed by atoms with E-state index in [1.54, 1.807) is 18.2 Å². The van der Waals surface area contributed by atoms with Crippen molar-refractivity contribution in [3.8, 4) is 11.5 Å². The molecule has 2 rings (SSSR count). The van der Waals surface area contributed by atoms with Gasteiger partial charge in [-0.1, -0.05) is 42.5 Å². The number of hydrogen-bond donors (Lipinski definition) is 1. The zero-order chi connectivity index (χ0) is 16.2. The van der Waals surface area contributed by atoms with Crippen molar-refractivity contribution >= 4 is 5.97 Å². The molecule has 0 heterocycles. The van der Waals surface area contributed by atoms with Crippen LogP contribution in [0.2, 0.25) is 0 Å². The topological polar surface area (TPSA) is 55.8 Å². The molecule has 0 aromatic heterocycles. The molecule has 0 saturated carbocycles. The second-order valence-corrected chi connectivity index (χ2v) is 4.24. The Morgan fingerprint density at radius 1 is 0.955 bits per heavy atom. The number of benzene rings is 2. The molecule has 0 aliphatic heterocycles. The highest BCUT2D eigenvalue weighted by molar-refractivity contribution is 5.75. The summed E-state index contributed by atoms with van der Waals surface area (Å²) < 4.78 is 46.1. The minimum absolute atomic E-state index is 0.303. The van der Waals surface area contributed by atoms with E-state index in [0.717, 1.165) is 6.07 Å². The Morgan fingerprint density at radius 3 is 2.05 bits per heavy atom. The summed E-state index contributed by atoms with van der Waals surface area (Å²) in [5.74, 6) is -2.23. The van der Waals surface area contributed by atoms with E-state index in [-0.39, 0.29) is 5.75 Å². The van der Waals surface area contributed by atoms with Crippen LogP contribution in [0.25, 0.3) is 0 Å². The minimum Gasteiger partial charge on any atom is -0.478 e. The summed E-state index contributed by atoms with van der Waals surface area (Å²) in [6.45, 7) is 0. The van der Waals surface area contributed by atoms with Crippen molar-refractivity contribution < 1.29 is 32.5 Å². The van der Waals surface area contributed by atoms with Gasteiger partial charge < -0.3 is 14.6 Å². The lowest BCUT2D eigenvalue weighted by Gasteiger charge is -2.18. The van der Waals surface area contributed by atoms with Crippen molar-refractivity contribution in [2.45, 2.75) is 12.5 Å². The van der Waals surface area contributed by atoms with E-state index in [0.29, 0.717) is 5.56 Å². The first-order valence-electron chi connectivity index (χ1n) is 6.16. The van der Waals surface area contributed by atoms with Crippen molar-refractivity contribution in [2.75, 3.05) is 0 Å². The average molecular weight is 312 g/mol. The van der Waals surface area contributed by atoms with Crippen LogP contribution in [0, 0.1) is 0 Å². The van der Waals surface area contributed by atoms with E-state index in [4.69, 9.17) is 4.74 Å². The normalized spacial score (nSPS) is 12.5. The number of ether oxygens (including phenoxy) is 2. The second-order valence-electron chi connectivity index (χ2n) is 4.24. The Kier molecular flexibility index (Phi) is 4.55. The van der Waals surface area contributed by atoms with Crippen LogP contribution >= 0.6 is 0 Å². The zero-order valence-corrected chi connectivity index (χ0v) is 11.1. The summed E-state index contributed by atoms with van der Waals surface area (Å²) in [6, 6.07) is 12.9. The molecule has 0 aliphatic carbocycles. The molecule has 0 saturated heterocycles. The lowest BCUT2D eigenvalue weighted by molar-refractivity contribution is -0.275. The van der Waals surface area contributed by atoms with Crippen LogP contribution in [0.3, 0.4) is 0 Å². The third kappa shape index (κ3) is 4.15. The fourth-order valence-electron chi connectivity index (χ4n) is 1.77. The van der Waals surface area contributed by atoms with Crippen molar-refractivity contribution in [1.82, 2.24) is 0 Å². The standard InChI is InChI=1S/C15H11F3O4/c16-15(17,18)22-12-9-5-4-8-11(12)21-13(14(19)20)10-6-2-1-3-7-10/h1-9,13H,(H,19,20). The van der Waals surface area contributed by atoms with Gasteiger partial charge in [0.2, 0.25) is 6.10 Å². The molecule has 0 fully saturated rings. The molecule has 1 unspecified atom stereocenters. The SMILES string of the molecule is O=C(O)C(Oc1ccccc1OC(F)(F)F)c1ccccc1. The number of carboxylic acid groups (broad SMARTS) is 1. The molecule has 7 heteroatoms. The summed E-state index contributed by atoms with van der Waals surface area (Å²) in [5.41, 5.74) is 0.303. The van der Waals surface area contributed by atoms with Crippen LogP contribution in [0.5, 0.6) is 11.5 Å². The Bertz CT molecular complexity index is 641. The molecule has 0 bridgehead atoms. The van der Waals surface area contributed by atoms with Gasteiger partial charge >= 0.3 is 12.3 Å². The molecule has 1 N–H and O–H groups in total. The molecule has 0 aliphatic rings. The molecule has 0 amide bonds. The fraction of sp³-hybridized carbons (Fsp3) is 0.133. The van der Waals surface area contributed by atoms with Gasteiger partial charge in [0.1, 0.15) is 0 Å². The number of halogens is 3. The quantitative estimate of drug-likeness (QED) is 0.912. The van der Waals surface area contributed by atoms with Gasteiger partial charge in [-0.25, -0.2) is 4.79 Å². The largest absolute Gasteiger partial charge is 0.573 e. The first-order valence-corrected chi connectivity index (χ1v) is 6.16. The summed E-state index contributed by atoms with van der Waals surface area (Å²) in [4.78, 5) is 11.3. The molecule has 116 valence electrons. The van der Waals surface area contributed by atoms with Gasteiger partial charge in [0, 0.05) is 5.56 Å². The molecular formula is C15H11F3O4. The molecule has 0 radical (unpaired) electrons. The average Bonchev–Trinajstić information content (AvgIpc) is 2.45. The predicted molar refractivity (Wildman–Crippen MR) is 70.6 cm³/mol. The first-order chi connectivity index (χ1) is 10.4. The fourth-order valence-corrected chi connectivity index (χ4v) is 1.77. The lowest BCUT2D eigenvalue weighted by atomic mass is 10.1. The molecule has 1 atom stereocenters. The maximum Gasteiger partial charge on any atom is 0.573 e. The van der Waals surface area contributed by atoms with Gasteiger partial charge in [-0.3, -0.25) is 0 Å². The summed E-state index contributed by atoms with van der Waals surface area (Å²) >= 11 is 0. The summed E-state index contributed by atoms with van der Waals surface area (Å²) in [7, 11) is 0. The zero-order valence-electron chi connectivity index (χ0n) is 11.1. The molecule has 4 nitrogen and oxygen atoms in total. The third-order valence-corrected chi connectivity index (χ3v) is 2.65. The monoisotopic (exact) mass is 312 g/mol. The highest BCUT2D eigenvalue weighted by atomic mass is 19.4. The van der Waals surface area contributed by atoms with Crippen LogP contribution in [-0.4, -0.2) is 17.4 Å². The van der Waals surface area contributed by atoms with E-state index in [1.165, 1.54) is 30.3 Å². The number of hydrogen-bond acceptors (Lipinski definition) is 3. The van der Waals surface area contributed by atoms with Crippen molar-refractivity contribution in [2.24, 2.45) is 0 Å². The van der Waals surface area contributed by atoms with Crippen LogP contribution in [-0.2, 0) is 4.79 Å². The Balaban J connectivity index is 2.30. The van der Waals surface area contributed by atoms with Gasteiger partial charge in [0.25, 0.3) is 0 Å². The summed E-state index contributed by atoms with van der Waals surface area (Å²) in [6.07, 6.45) is -6.34. The van der Waals surface area contributed by atoms with Crippen LogP contribution in [0.1, 0.15) is 11.7 Å². The summed E-state index contributed by atoms with van der Waals surface area (Å²) in [5, 5.41) is 9.22. The van der Waals surface area contributed by atoms with Crippen molar-refractivity contribution in [3.63, 3.8) is 0 Å². The Labute approximate surface area is 123 Å². The number of carbonyl (C=O) groups is 1. The molecule has 22 heavy (non-hydrogen) atoms. The molecule has 2 aromatic rings. The molecule has 2 aromatic carbocycles. The van der Waals surface area contributed by atoms with E-state index < -0.39 is 24.2 Å². The van der Waals surface area contributed by atoms with Gasteiger partial charge in [-0.05, 0) is 12.1 Å². The number of carboxylic acids is 1. The third-order valence-electron chi connectivity index (χ3n) is 2.65. The number of alkyl halides is 3. The lowest BCUT2D eigenvalue weighted by Crippen LogP contribution is -2.21. The van der Waals surface area contributed by atoms with Gasteiger partial charge in [-0.15, -0.1) is 13.2 Å². The minimum atomic E-state index is -4.90. The predicted octanol–water partition coefficient (Wildman–Crippen LogP) is 3.79. The highest BCUT2D eigenvalue weighted by Gasteiger charge is 2.33. The number of rotatable bonds is 5. The Hall–Kier alpha value is -2.70. The maximum atomic E-state index is 12.3. The smallest absolute Gasteiger partial charge is 0.478 e. The van der Waals surface area contributed by atoms with E-state index in [2.05, 4.69) is 4.74 Å². The second kappa shape index (κ2) is 6.38.